The number of hydrogen-bond acceptors (Lipinski definition) is 3. The summed E-state index contributed by atoms with van der Waals surface area (Å²) in [4.78, 5) is 18.1. The number of rotatable bonds is 1. The molecule has 0 saturated carbocycles. The molecule has 0 aromatic carbocycles. The molecule has 1 saturated heterocycles. The third-order valence-electron chi connectivity index (χ3n) is 4.42. The fourth-order valence-corrected chi connectivity index (χ4v) is 3.12. The molecule has 0 spiro atoms. The molecule has 1 unspecified atom stereocenters. The van der Waals surface area contributed by atoms with Crippen LogP contribution >= 0.6 is 0 Å². The summed E-state index contributed by atoms with van der Waals surface area (Å²) in [6, 6.07) is 0. The molecule has 8 heteroatoms. The first-order chi connectivity index (χ1) is 9.95. The van der Waals surface area contributed by atoms with Crippen LogP contribution in [0.1, 0.15) is 25.1 Å². The van der Waals surface area contributed by atoms with Crippen LogP contribution in [0.15, 0.2) is 6.33 Å². The topological polar surface area (TPSA) is 51.0 Å². The lowest BCUT2D eigenvalue weighted by atomic mass is 9.93. The van der Waals surface area contributed by atoms with E-state index in [1.165, 1.54) is 6.33 Å². The van der Waals surface area contributed by atoms with E-state index < -0.39 is 12.1 Å². The standard InChI is InChI=1S/C13H17F3N4O/c14-13(15,16)10-3-5-19(6-4-10)12(21)9-1-2-11-17-8-18-20(11)7-9/h8-10H,1-7H2. The van der Waals surface area contributed by atoms with Gasteiger partial charge in [0.1, 0.15) is 12.2 Å². The summed E-state index contributed by atoms with van der Waals surface area (Å²) in [6.07, 6.45) is -1.27. The first-order valence-electron chi connectivity index (χ1n) is 7.17. The van der Waals surface area contributed by atoms with Crippen LogP contribution in [0, 0.1) is 11.8 Å². The van der Waals surface area contributed by atoms with Crippen molar-refractivity contribution in [1.29, 1.82) is 0 Å². The van der Waals surface area contributed by atoms with Crippen molar-refractivity contribution < 1.29 is 18.0 Å². The van der Waals surface area contributed by atoms with Gasteiger partial charge in [0.2, 0.25) is 5.91 Å². The van der Waals surface area contributed by atoms with E-state index in [0.29, 0.717) is 19.4 Å². The predicted molar refractivity (Wildman–Crippen MR) is 67.2 cm³/mol. The van der Waals surface area contributed by atoms with E-state index in [1.807, 2.05) is 0 Å². The molecular weight excluding hydrogens is 285 g/mol. The molecule has 0 N–H and O–H groups in total. The van der Waals surface area contributed by atoms with Crippen molar-refractivity contribution in [1.82, 2.24) is 19.7 Å². The second kappa shape index (κ2) is 5.31. The molecule has 21 heavy (non-hydrogen) atoms. The van der Waals surface area contributed by atoms with Crippen LogP contribution in [0.4, 0.5) is 13.2 Å². The minimum absolute atomic E-state index is 0.0105. The highest BCUT2D eigenvalue weighted by Gasteiger charge is 2.42. The third kappa shape index (κ3) is 2.89. The van der Waals surface area contributed by atoms with Crippen molar-refractivity contribution in [3.8, 4) is 0 Å². The fraction of sp³-hybridized carbons (Fsp3) is 0.769. The second-order valence-electron chi connectivity index (χ2n) is 5.74. The van der Waals surface area contributed by atoms with Crippen LogP contribution in [-0.4, -0.2) is 44.8 Å². The highest BCUT2D eigenvalue weighted by Crippen LogP contribution is 2.34. The van der Waals surface area contributed by atoms with Crippen LogP contribution in [0.5, 0.6) is 0 Å². The molecule has 1 aromatic rings. The van der Waals surface area contributed by atoms with Crippen LogP contribution < -0.4 is 0 Å². The van der Waals surface area contributed by atoms with E-state index in [-0.39, 0.29) is 37.8 Å². The predicted octanol–water partition coefficient (Wildman–Crippen LogP) is 1.64. The molecule has 1 amide bonds. The van der Waals surface area contributed by atoms with Gasteiger partial charge in [-0.2, -0.15) is 18.3 Å². The van der Waals surface area contributed by atoms with Gasteiger partial charge in [-0.1, -0.05) is 0 Å². The van der Waals surface area contributed by atoms with Crippen molar-refractivity contribution in [2.45, 2.75) is 38.4 Å². The molecule has 116 valence electrons. The van der Waals surface area contributed by atoms with Crippen LogP contribution in [0.2, 0.25) is 0 Å². The number of carbonyl (C=O) groups excluding carboxylic acids is 1. The van der Waals surface area contributed by atoms with E-state index in [0.717, 1.165) is 5.82 Å². The van der Waals surface area contributed by atoms with Crippen molar-refractivity contribution in [3.63, 3.8) is 0 Å². The van der Waals surface area contributed by atoms with E-state index in [9.17, 15) is 18.0 Å². The minimum atomic E-state index is -4.14. The molecule has 1 fully saturated rings. The Morgan fingerprint density at radius 3 is 2.62 bits per heavy atom. The number of carbonyl (C=O) groups is 1. The largest absolute Gasteiger partial charge is 0.391 e. The molecule has 0 aliphatic carbocycles. The molecule has 3 heterocycles. The Morgan fingerprint density at radius 2 is 1.95 bits per heavy atom. The number of nitrogens with zero attached hydrogens (tertiary/aromatic N) is 4. The second-order valence-corrected chi connectivity index (χ2v) is 5.74. The van der Waals surface area contributed by atoms with Gasteiger partial charge >= 0.3 is 6.18 Å². The average Bonchev–Trinajstić information content (AvgIpc) is 2.93. The summed E-state index contributed by atoms with van der Waals surface area (Å²) < 4.78 is 39.6. The van der Waals surface area contributed by atoms with Gasteiger partial charge in [-0.15, -0.1) is 0 Å². The van der Waals surface area contributed by atoms with Gasteiger partial charge in [0.15, 0.2) is 0 Å². The molecule has 2 aliphatic rings. The van der Waals surface area contributed by atoms with E-state index in [1.54, 1.807) is 9.58 Å². The SMILES string of the molecule is O=C(C1CCc2ncnn2C1)N1CCC(C(F)(F)F)CC1. The van der Waals surface area contributed by atoms with Crippen LogP contribution in [0.3, 0.4) is 0 Å². The maximum atomic E-state index is 12.6. The van der Waals surface area contributed by atoms with Crippen LogP contribution in [0.25, 0.3) is 0 Å². The number of piperidine rings is 1. The van der Waals surface area contributed by atoms with Crippen molar-refractivity contribution >= 4 is 5.91 Å². The highest BCUT2D eigenvalue weighted by atomic mass is 19.4. The lowest BCUT2D eigenvalue weighted by Gasteiger charge is -2.35. The molecule has 2 aliphatic heterocycles. The van der Waals surface area contributed by atoms with Gasteiger partial charge in [0.25, 0.3) is 0 Å². The Labute approximate surface area is 120 Å². The number of aryl methyl sites for hydroxylation is 1. The lowest BCUT2D eigenvalue weighted by Crippen LogP contribution is -2.46. The number of hydrogen-bond donors (Lipinski definition) is 0. The van der Waals surface area contributed by atoms with Gasteiger partial charge in [0.05, 0.1) is 18.4 Å². The molecule has 5 nitrogen and oxygen atoms in total. The van der Waals surface area contributed by atoms with Crippen LogP contribution in [-0.2, 0) is 17.8 Å². The Hall–Kier alpha value is -1.60. The molecule has 1 aromatic heterocycles. The normalized spacial score (nSPS) is 24.0. The van der Waals surface area contributed by atoms with Gasteiger partial charge in [-0.25, -0.2) is 9.67 Å². The summed E-state index contributed by atoms with van der Waals surface area (Å²) in [5, 5.41) is 4.06. The number of aromatic nitrogens is 3. The van der Waals surface area contributed by atoms with E-state index in [2.05, 4.69) is 10.1 Å². The third-order valence-corrected chi connectivity index (χ3v) is 4.42. The zero-order valence-electron chi connectivity index (χ0n) is 11.5. The number of likely N-dealkylation sites (tertiary alicyclic amines) is 1. The summed E-state index contributed by atoms with van der Waals surface area (Å²) in [5.74, 6) is -0.636. The summed E-state index contributed by atoms with van der Waals surface area (Å²) in [6.45, 7) is 0.876. The molecular formula is C13H17F3N4O. The zero-order valence-corrected chi connectivity index (χ0v) is 11.5. The van der Waals surface area contributed by atoms with E-state index >= 15 is 0 Å². The van der Waals surface area contributed by atoms with Gasteiger partial charge in [-0.05, 0) is 19.3 Å². The highest BCUT2D eigenvalue weighted by molar-refractivity contribution is 5.79. The molecule has 0 radical (unpaired) electrons. The molecule has 1 atom stereocenters. The summed E-state index contributed by atoms with van der Waals surface area (Å²) in [5.41, 5.74) is 0. The van der Waals surface area contributed by atoms with Crippen molar-refractivity contribution in [2.24, 2.45) is 11.8 Å². The molecule has 3 rings (SSSR count). The Morgan fingerprint density at radius 1 is 1.24 bits per heavy atom. The first-order valence-corrected chi connectivity index (χ1v) is 7.17. The Bertz CT molecular complexity index is 520. The minimum Gasteiger partial charge on any atom is -0.342 e. The van der Waals surface area contributed by atoms with Gasteiger partial charge in [-0.3, -0.25) is 4.79 Å². The van der Waals surface area contributed by atoms with Gasteiger partial charge < -0.3 is 4.90 Å². The Kier molecular flexibility index (Phi) is 3.62. The quantitative estimate of drug-likeness (QED) is 0.792. The number of amides is 1. The van der Waals surface area contributed by atoms with E-state index in [4.69, 9.17) is 0 Å². The number of halogens is 3. The Balaban J connectivity index is 1.58. The lowest BCUT2D eigenvalue weighted by molar-refractivity contribution is -0.187. The average molecular weight is 302 g/mol. The monoisotopic (exact) mass is 302 g/mol. The maximum absolute atomic E-state index is 12.6. The fourth-order valence-electron chi connectivity index (χ4n) is 3.12. The zero-order chi connectivity index (χ0) is 15.0. The van der Waals surface area contributed by atoms with Crippen molar-refractivity contribution in [3.05, 3.63) is 12.2 Å². The summed E-state index contributed by atoms with van der Waals surface area (Å²) >= 11 is 0. The number of fused-ring (bicyclic) bond motifs is 1. The van der Waals surface area contributed by atoms with Crippen molar-refractivity contribution in [2.75, 3.05) is 13.1 Å². The maximum Gasteiger partial charge on any atom is 0.391 e. The first kappa shape index (κ1) is 14.3. The summed E-state index contributed by atoms with van der Waals surface area (Å²) in [7, 11) is 0. The smallest absolute Gasteiger partial charge is 0.342 e. The molecule has 0 bridgehead atoms. The van der Waals surface area contributed by atoms with Gasteiger partial charge in [0, 0.05) is 19.5 Å². The number of alkyl halides is 3.